The van der Waals surface area contributed by atoms with E-state index in [0.717, 1.165) is 11.1 Å². The van der Waals surface area contributed by atoms with Gasteiger partial charge in [0.1, 0.15) is 0 Å². The molecule has 0 bridgehead atoms. The minimum Gasteiger partial charge on any atom is -0.317 e. The fraction of sp³-hybridized carbons (Fsp3) is 0.278. The fourth-order valence-corrected chi connectivity index (χ4v) is 4.54. The van der Waals surface area contributed by atoms with E-state index in [-0.39, 0.29) is 6.10 Å². The van der Waals surface area contributed by atoms with Gasteiger partial charge in [0.2, 0.25) is 0 Å². The highest BCUT2D eigenvalue weighted by atomic mass is 31.2. The van der Waals surface area contributed by atoms with Crippen LogP contribution in [0.2, 0.25) is 0 Å². The molecule has 2 aromatic carbocycles. The van der Waals surface area contributed by atoms with Crippen molar-refractivity contribution in [2.75, 3.05) is 0 Å². The number of aryl methyl sites for hydroxylation is 2. The smallest absolute Gasteiger partial charge is 0.301 e. The van der Waals surface area contributed by atoms with E-state index >= 15 is 0 Å². The van der Waals surface area contributed by atoms with Gasteiger partial charge in [0.15, 0.2) is 0 Å². The van der Waals surface area contributed by atoms with Gasteiger partial charge in [-0.3, -0.25) is 9.36 Å². The average Bonchev–Trinajstić information content (AvgIpc) is 2.46. The van der Waals surface area contributed by atoms with Crippen LogP contribution < -0.4 is 5.30 Å². The first-order chi connectivity index (χ1) is 10.3. The summed E-state index contributed by atoms with van der Waals surface area (Å²) >= 11 is 0. The van der Waals surface area contributed by atoms with Crippen LogP contribution in [-0.4, -0.2) is 11.6 Å². The Bertz CT molecular complexity index is 720. The Morgan fingerprint density at radius 3 is 2.23 bits per heavy atom. The molecular formula is C18H21O3P. The second-order valence-electron chi connectivity index (χ2n) is 5.66. The van der Waals surface area contributed by atoms with Crippen LogP contribution in [0.15, 0.2) is 48.5 Å². The molecule has 0 saturated carbocycles. The molecule has 0 aliphatic heterocycles. The van der Waals surface area contributed by atoms with Crippen molar-refractivity contribution in [1.29, 1.82) is 0 Å². The molecule has 1 unspecified atom stereocenters. The number of hydrogen-bond donors (Lipinski definition) is 0. The van der Waals surface area contributed by atoms with Crippen LogP contribution in [0.5, 0.6) is 0 Å². The van der Waals surface area contributed by atoms with E-state index in [1.165, 1.54) is 0 Å². The number of rotatable bonds is 5. The van der Waals surface area contributed by atoms with Gasteiger partial charge >= 0.3 is 7.37 Å². The van der Waals surface area contributed by atoms with Crippen molar-refractivity contribution in [3.8, 4) is 0 Å². The summed E-state index contributed by atoms with van der Waals surface area (Å²) in [6, 6.07) is 14.2. The first-order valence-electron chi connectivity index (χ1n) is 7.31. The maximum absolute atomic E-state index is 13.4. The van der Waals surface area contributed by atoms with E-state index in [1.807, 2.05) is 32.0 Å². The molecule has 1 atom stereocenters. The quantitative estimate of drug-likeness (QED) is 0.764. The van der Waals surface area contributed by atoms with Crippen molar-refractivity contribution in [2.24, 2.45) is 0 Å². The van der Waals surface area contributed by atoms with Gasteiger partial charge in [-0.1, -0.05) is 42.0 Å². The normalized spacial score (nSPS) is 13.9. The van der Waals surface area contributed by atoms with Crippen molar-refractivity contribution in [1.82, 2.24) is 0 Å². The number of carbonyl (C=O) groups excluding carboxylic acids is 1. The molecule has 0 N–H and O–H groups in total. The molecule has 4 heteroatoms. The van der Waals surface area contributed by atoms with Gasteiger partial charge in [-0.2, -0.15) is 0 Å². The van der Waals surface area contributed by atoms with Crippen molar-refractivity contribution in [3.05, 3.63) is 65.2 Å². The number of hydrogen-bond acceptors (Lipinski definition) is 3. The highest BCUT2D eigenvalue weighted by Crippen LogP contribution is 2.50. The number of carbonyl (C=O) groups is 1. The average molecular weight is 316 g/mol. The second kappa shape index (κ2) is 6.60. The topological polar surface area (TPSA) is 43.4 Å². The van der Waals surface area contributed by atoms with Gasteiger partial charge in [-0.25, -0.2) is 0 Å². The molecule has 0 radical (unpaired) electrons. The lowest BCUT2D eigenvalue weighted by Gasteiger charge is -2.21. The Labute approximate surface area is 131 Å². The summed E-state index contributed by atoms with van der Waals surface area (Å²) < 4.78 is 19.0. The summed E-state index contributed by atoms with van der Waals surface area (Å²) in [4.78, 5) is 12.9. The molecule has 0 fully saturated rings. The van der Waals surface area contributed by atoms with Crippen LogP contribution in [0, 0.1) is 13.8 Å². The van der Waals surface area contributed by atoms with E-state index in [0.29, 0.717) is 10.9 Å². The van der Waals surface area contributed by atoms with Crippen LogP contribution in [-0.2, 0) is 9.09 Å². The maximum Gasteiger partial charge on any atom is 0.301 e. The lowest BCUT2D eigenvalue weighted by atomic mass is 10.1. The van der Waals surface area contributed by atoms with E-state index in [2.05, 4.69) is 0 Å². The lowest BCUT2D eigenvalue weighted by molar-refractivity contribution is 0.104. The predicted octanol–water partition coefficient (Wildman–Crippen LogP) is 4.47. The van der Waals surface area contributed by atoms with Crippen molar-refractivity contribution < 1.29 is 13.9 Å². The molecule has 0 heterocycles. The van der Waals surface area contributed by atoms with Gasteiger partial charge in [0.05, 0.1) is 6.10 Å². The first kappa shape index (κ1) is 16.7. The second-order valence-corrected chi connectivity index (χ2v) is 7.90. The summed E-state index contributed by atoms with van der Waals surface area (Å²) in [5, 5.41) is 0.439. The van der Waals surface area contributed by atoms with E-state index in [9.17, 15) is 9.36 Å². The van der Waals surface area contributed by atoms with Gasteiger partial charge in [-0.05, 0) is 45.4 Å². The summed E-state index contributed by atoms with van der Waals surface area (Å²) in [6.07, 6.45) is -0.305. The standard InChI is InChI=1S/C18H21O3P/c1-13(2)21-22(20,16-8-6-5-7-9-16)18(19)17-11-10-14(3)12-15(17)4/h5-13H,1-4H3. The highest BCUT2D eigenvalue weighted by molar-refractivity contribution is 7.83. The van der Waals surface area contributed by atoms with E-state index in [4.69, 9.17) is 4.52 Å². The van der Waals surface area contributed by atoms with Gasteiger partial charge in [0, 0.05) is 10.9 Å². The maximum atomic E-state index is 13.4. The van der Waals surface area contributed by atoms with Crippen LogP contribution in [0.25, 0.3) is 0 Å². The van der Waals surface area contributed by atoms with Gasteiger partial charge in [-0.15, -0.1) is 0 Å². The molecule has 116 valence electrons. The first-order valence-corrected chi connectivity index (χ1v) is 8.93. The van der Waals surface area contributed by atoms with Gasteiger partial charge < -0.3 is 4.52 Å². The summed E-state index contributed by atoms with van der Waals surface area (Å²) in [7, 11) is -3.62. The monoisotopic (exact) mass is 316 g/mol. The van der Waals surface area contributed by atoms with E-state index in [1.54, 1.807) is 44.2 Å². The van der Waals surface area contributed by atoms with Crippen LogP contribution >= 0.6 is 7.37 Å². The molecule has 2 aromatic rings. The van der Waals surface area contributed by atoms with Gasteiger partial charge in [0.25, 0.3) is 5.52 Å². The minimum atomic E-state index is -3.62. The van der Waals surface area contributed by atoms with Crippen molar-refractivity contribution in [2.45, 2.75) is 33.8 Å². The Morgan fingerprint density at radius 1 is 1.05 bits per heavy atom. The summed E-state index contributed by atoms with van der Waals surface area (Å²) in [6.45, 7) is 7.38. The Hall–Kier alpha value is -1.70. The zero-order valence-corrected chi connectivity index (χ0v) is 14.3. The Morgan fingerprint density at radius 2 is 1.68 bits per heavy atom. The molecule has 0 aliphatic rings. The third-order valence-corrected chi connectivity index (χ3v) is 5.81. The van der Waals surface area contributed by atoms with Crippen molar-refractivity contribution in [3.63, 3.8) is 0 Å². The number of benzene rings is 2. The molecule has 0 amide bonds. The fourth-order valence-electron chi connectivity index (χ4n) is 2.36. The zero-order valence-electron chi connectivity index (χ0n) is 13.4. The largest absolute Gasteiger partial charge is 0.317 e. The summed E-state index contributed by atoms with van der Waals surface area (Å²) in [5.74, 6) is 0. The Balaban J connectivity index is 2.54. The molecule has 3 nitrogen and oxygen atoms in total. The molecule has 22 heavy (non-hydrogen) atoms. The minimum absolute atomic E-state index is 0.305. The summed E-state index contributed by atoms with van der Waals surface area (Å²) in [5.41, 5.74) is 1.89. The Kier molecular flexibility index (Phi) is 5.00. The van der Waals surface area contributed by atoms with Crippen molar-refractivity contribution >= 4 is 18.2 Å². The highest BCUT2D eigenvalue weighted by Gasteiger charge is 2.37. The molecule has 2 rings (SSSR count). The van der Waals surface area contributed by atoms with E-state index < -0.39 is 12.9 Å². The lowest BCUT2D eigenvalue weighted by Crippen LogP contribution is -2.19. The molecule has 0 aliphatic carbocycles. The van der Waals surface area contributed by atoms with Crippen LogP contribution in [0.4, 0.5) is 0 Å². The SMILES string of the molecule is Cc1ccc(C(=O)P(=O)(OC(C)C)c2ccccc2)c(C)c1. The zero-order chi connectivity index (χ0) is 16.3. The molecule has 0 aromatic heterocycles. The third-order valence-electron chi connectivity index (χ3n) is 3.34. The molecule has 0 saturated heterocycles. The van der Waals surface area contributed by atoms with Crippen LogP contribution in [0.3, 0.4) is 0 Å². The third kappa shape index (κ3) is 3.37. The molecule has 0 spiro atoms. The molecular weight excluding hydrogens is 295 g/mol. The van der Waals surface area contributed by atoms with Crippen LogP contribution in [0.1, 0.15) is 35.3 Å². The predicted molar refractivity (Wildman–Crippen MR) is 90.2 cm³/mol.